The molecule has 23 heavy (non-hydrogen) atoms. The number of carbonyl (C=O) groups excluding carboxylic acids is 1. The highest BCUT2D eigenvalue weighted by Crippen LogP contribution is 2.30. The molecule has 0 saturated carbocycles. The Hall–Kier alpha value is -3.29. The quantitative estimate of drug-likeness (QED) is 0.609. The zero-order valence-corrected chi connectivity index (χ0v) is 12.4. The lowest BCUT2D eigenvalue weighted by Gasteiger charge is -2.09. The fraction of sp³-hybridized carbons (Fsp3) is 0.133. The molecule has 1 aromatic heterocycles. The van der Waals surface area contributed by atoms with Crippen molar-refractivity contribution in [3.63, 3.8) is 0 Å². The van der Waals surface area contributed by atoms with Gasteiger partial charge in [0.15, 0.2) is 16.7 Å². The molecule has 0 aliphatic carbocycles. The first-order valence-electron chi connectivity index (χ1n) is 6.37. The minimum atomic E-state index is -0.873. The van der Waals surface area contributed by atoms with Gasteiger partial charge in [-0.2, -0.15) is 0 Å². The molecule has 1 heterocycles. The molecule has 2 rings (SSSR count). The van der Waals surface area contributed by atoms with Gasteiger partial charge in [-0.15, -0.1) is 0 Å². The van der Waals surface area contributed by atoms with Crippen LogP contribution in [0.2, 0.25) is 0 Å². The zero-order valence-electron chi connectivity index (χ0n) is 12.4. The Balaban J connectivity index is 2.37. The van der Waals surface area contributed by atoms with E-state index in [9.17, 15) is 14.4 Å². The van der Waals surface area contributed by atoms with E-state index < -0.39 is 17.2 Å². The molecule has 8 heteroatoms. The number of anilines is 1. The molecule has 0 unspecified atom stereocenters. The van der Waals surface area contributed by atoms with Crippen LogP contribution in [0.3, 0.4) is 0 Å². The fourth-order valence-corrected chi connectivity index (χ4v) is 1.69. The maximum atomic E-state index is 11.6. The van der Waals surface area contributed by atoms with Gasteiger partial charge in [0.2, 0.25) is 0 Å². The Morgan fingerprint density at radius 2 is 1.87 bits per heavy atom. The monoisotopic (exact) mass is 319 g/mol. The number of rotatable bonds is 4. The van der Waals surface area contributed by atoms with Crippen molar-refractivity contribution in [3.05, 3.63) is 49.9 Å². The van der Waals surface area contributed by atoms with Gasteiger partial charge in [-0.25, -0.2) is 9.59 Å². The van der Waals surface area contributed by atoms with Crippen LogP contribution in [0.1, 0.15) is 6.92 Å². The second kappa shape index (κ2) is 6.65. The van der Waals surface area contributed by atoms with Gasteiger partial charge in [0.1, 0.15) is 0 Å². The van der Waals surface area contributed by atoms with Crippen LogP contribution in [0, 0.1) is 0 Å². The van der Waals surface area contributed by atoms with Crippen LogP contribution >= 0.6 is 0 Å². The lowest BCUT2D eigenvalue weighted by atomic mass is 10.2. The van der Waals surface area contributed by atoms with Gasteiger partial charge in [0.25, 0.3) is 5.61 Å². The minimum absolute atomic E-state index is 0.242. The molecule has 0 aliphatic rings. The zero-order chi connectivity index (χ0) is 17.0. The summed E-state index contributed by atoms with van der Waals surface area (Å²) in [7, 11) is 1.41. The molecule has 0 spiro atoms. The minimum Gasteiger partial charge on any atom is -0.493 e. The molecule has 8 nitrogen and oxygen atoms in total. The van der Waals surface area contributed by atoms with Crippen molar-refractivity contribution in [3.8, 4) is 11.5 Å². The van der Waals surface area contributed by atoms with Crippen molar-refractivity contribution in [1.82, 2.24) is 0 Å². The molecule has 120 valence electrons. The summed E-state index contributed by atoms with van der Waals surface area (Å²) in [5.74, 6) is 0.0517. The van der Waals surface area contributed by atoms with Crippen molar-refractivity contribution in [2.75, 3.05) is 12.4 Å². The Kier molecular flexibility index (Phi) is 4.65. The summed E-state index contributed by atoms with van der Waals surface area (Å²) in [6.07, 6.45) is 1.14. The van der Waals surface area contributed by atoms with Crippen LogP contribution in [0.5, 0.6) is 11.5 Å². The van der Waals surface area contributed by atoms with Crippen LogP contribution in [0.25, 0.3) is 12.8 Å². The Morgan fingerprint density at radius 1 is 1.22 bits per heavy atom. The normalized spacial score (nSPS) is 10.0. The van der Waals surface area contributed by atoms with Gasteiger partial charge in [0.05, 0.1) is 7.11 Å². The summed E-state index contributed by atoms with van der Waals surface area (Å²) in [6.45, 7) is 4.50. The molecule has 1 N–H and O–H groups in total. The predicted molar refractivity (Wildman–Crippen MR) is 80.7 cm³/mol. The van der Waals surface area contributed by atoms with E-state index in [0.29, 0.717) is 11.4 Å². The smallest absolute Gasteiger partial charge is 0.354 e. The maximum Gasteiger partial charge on any atom is 0.354 e. The molecule has 0 fully saturated rings. The molecule has 2 aromatic rings. The average Bonchev–Trinajstić information content (AvgIpc) is 2.46. The summed E-state index contributed by atoms with van der Waals surface area (Å²) in [5.41, 5.74) is -1.63. The van der Waals surface area contributed by atoms with Gasteiger partial charge in [-0.05, 0) is 18.7 Å². The predicted octanol–water partition coefficient (Wildman–Crippen LogP) is -0.213. The van der Waals surface area contributed by atoms with Crippen LogP contribution in [0.4, 0.5) is 5.69 Å². The van der Waals surface area contributed by atoms with Gasteiger partial charge in [-0.1, -0.05) is 0 Å². The molecule has 1 aromatic carbocycles. The molecule has 0 atom stereocenters. The molecule has 0 bridgehead atoms. The lowest BCUT2D eigenvalue weighted by molar-refractivity contribution is -0.132. The first-order valence-corrected chi connectivity index (χ1v) is 6.37. The molecule has 0 radical (unpaired) electrons. The van der Waals surface area contributed by atoms with Crippen molar-refractivity contribution in [2.24, 2.45) is 0 Å². The van der Waals surface area contributed by atoms with E-state index in [1.54, 1.807) is 6.07 Å². The van der Waals surface area contributed by atoms with Crippen molar-refractivity contribution in [2.45, 2.75) is 6.92 Å². The summed E-state index contributed by atoms with van der Waals surface area (Å²) in [5, 5.41) is 2.41. The number of hydrogen-bond acceptors (Lipinski definition) is 8. The summed E-state index contributed by atoms with van der Waals surface area (Å²) < 4.78 is 19.3. The Morgan fingerprint density at radius 3 is 2.43 bits per heavy atom. The summed E-state index contributed by atoms with van der Waals surface area (Å²) >= 11 is 0. The summed E-state index contributed by atoms with van der Waals surface area (Å²) in [4.78, 5) is 34.1. The number of nitrogens with one attached hydrogen (secondary N) is 1. The van der Waals surface area contributed by atoms with Crippen LogP contribution in [-0.2, 0) is 4.79 Å². The van der Waals surface area contributed by atoms with E-state index in [1.807, 2.05) is 0 Å². The first kappa shape index (κ1) is 16.1. The number of methoxy groups -OCH3 is 1. The number of hydrogen-bond donors (Lipinski definition) is 1. The van der Waals surface area contributed by atoms with E-state index in [4.69, 9.17) is 9.47 Å². The molecular formula is C15H13NO7. The fourth-order valence-electron chi connectivity index (χ4n) is 1.69. The SMILES string of the molecule is C=c1oc(=O)c(=CNc2ccc(OC(C)=O)c(OC)c2)c(=O)o1. The van der Waals surface area contributed by atoms with Gasteiger partial charge in [0, 0.05) is 24.9 Å². The lowest BCUT2D eigenvalue weighted by Crippen LogP contribution is -2.41. The van der Waals surface area contributed by atoms with Gasteiger partial charge >= 0.3 is 17.2 Å². The standard InChI is InChI=1S/C15H13NO7/c1-8(17)21-12-5-4-10(6-13(12)20-3)16-7-11-14(18)22-9(2)23-15(11)19/h4-7,16H,2H2,1,3H3. The highest BCUT2D eigenvalue weighted by molar-refractivity contribution is 5.71. The second-order valence-corrected chi connectivity index (χ2v) is 4.31. The van der Waals surface area contributed by atoms with E-state index in [-0.39, 0.29) is 16.6 Å². The maximum absolute atomic E-state index is 11.6. The van der Waals surface area contributed by atoms with E-state index in [0.717, 1.165) is 6.20 Å². The van der Waals surface area contributed by atoms with Crippen LogP contribution in [-0.4, -0.2) is 13.1 Å². The number of ether oxygens (including phenoxy) is 2. The number of carbonyl (C=O) groups is 1. The van der Waals surface area contributed by atoms with E-state index in [1.165, 1.54) is 26.2 Å². The molecular weight excluding hydrogens is 306 g/mol. The molecule has 0 aliphatic heterocycles. The topological polar surface area (TPSA) is 108 Å². The van der Waals surface area contributed by atoms with Crippen molar-refractivity contribution in [1.29, 1.82) is 0 Å². The third-order valence-corrected chi connectivity index (χ3v) is 2.65. The average molecular weight is 319 g/mol. The van der Waals surface area contributed by atoms with Crippen molar-refractivity contribution >= 4 is 24.4 Å². The van der Waals surface area contributed by atoms with Crippen molar-refractivity contribution < 1.29 is 23.1 Å². The first-order chi connectivity index (χ1) is 10.9. The van der Waals surface area contributed by atoms with Crippen LogP contribution < -0.4 is 36.9 Å². The Bertz CT molecular complexity index is 918. The summed E-state index contributed by atoms with van der Waals surface area (Å²) in [6, 6.07) is 4.59. The third kappa shape index (κ3) is 3.88. The largest absolute Gasteiger partial charge is 0.493 e. The van der Waals surface area contributed by atoms with Crippen LogP contribution in [0.15, 0.2) is 36.6 Å². The van der Waals surface area contributed by atoms with Gasteiger partial charge < -0.3 is 23.6 Å². The number of esters is 1. The highest BCUT2D eigenvalue weighted by atomic mass is 16.6. The highest BCUT2D eigenvalue weighted by Gasteiger charge is 2.08. The van der Waals surface area contributed by atoms with E-state index in [2.05, 4.69) is 20.7 Å². The van der Waals surface area contributed by atoms with Gasteiger partial charge in [-0.3, -0.25) is 4.79 Å². The van der Waals surface area contributed by atoms with E-state index >= 15 is 0 Å². The third-order valence-electron chi connectivity index (χ3n) is 2.65. The Labute approximate surface area is 129 Å². The number of benzene rings is 1. The second-order valence-electron chi connectivity index (χ2n) is 4.31. The molecule has 0 amide bonds. The molecule has 0 saturated heterocycles.